The maximum Gasteiger partial charge on any atom is -0.00229 e. The molecule has 0 saturated heterocycles. The Hall–Kier alpha value is -0.520. The lowest BCUT2D eigenvalue weighted by atomic mass is 9.60. The number of rotatable bonds is 2. The van der Waals surface area contributed by atoms with E-state index in [0.717, 1.165) is 0 Å². The van der Waals surface area contributed by atoms with Crippen molar-refractivity contribution in [3.63, 3.8) is 0 Å². The lowest BCUT2D eigenvalue weighted by Gasteiger charge is -2.44. The van der Waals surface area contributed by atoms with E-state index in [9.17, 15) is 0 Å². The molecule has 0 aliphatic heterocycles. The van der Waals surface area contributed by atoms with Crippen molar-refractivity contribution < 1.29 is 0 Å². The summed E-state index contributed by atoms with van der Waals surface area (Å²) in [5.41, 5.74) is 2.32. The minimum absolute atomic E-state index is 0.512. The maximum absolute atomic E-state index is 2.50. The van der Waals surface area contributed by atoms with Crippen LogP contribution in [0.15, 0.2) is 23.8 Å². The van der Waals surface area contributed by atoms with Crippen molar-refractivity contribution in [3.8, 4) is 0 Å². The van der Waals surface area contributed by atoms with Gasteiger partial charge < -0.3 is 0 Å². The highest BCUT2D eigenvalue weighted by Gasteiger charge is 2.41. The molecular formula is C21H33. The Bertz CT molecular complexity index is 357. The minimum Gasteiger partial charge on any atom is -0.0842 e. The second-order valence-electron chi connectivity index (χ2n) is 7.53. The van der Waals surface area contributed by atoms with E-state index in [1.165, 1.54) is 96.3 Å². The molecule has 0 bridgehead atoms. The fourth-order valence-corrected chi connectivity index (χ4v) is 5.05. The third-order valence-corrected chi connectivity index (χ3v) is 6.22. The van der Waals surface area contributed by atoms with E-state index in [1.807, 2.05) is 11.5 Å². The molecule has 1 radical (unpaired) electrons. The van der Waals surface area contributed by atoms with Gasteiger partial charge in [-0.15, -0.1) is 0 Å². The van der Waals surface area contributed by atoms with Gasteiger partial charge in [-0.3, -0.25) is 0 Å². The SMILES string of the molecule is C1=CCCC(C2([C]3CCCCCCC3)CCCCCC2)=C1. The number of hydrogen-bond acceptors (Lipinski definition) is 0. The van der Waals surface area contributed by atoms with Crippen LogP contribution in [0.3, 0.4) is 0 Å². The highest BCUT2D eigenvalue weighted by Crippen LogP contribution is 2.54. The Morgan fingerprint density at radius 3 is 1.90 bits per heavy atom. The molecule has 3 aliphatic rings. The van der Waals surface area contributed by atoms with Crippen LogP contribution in [0.1, 0.15) is 96.3 Å². The van der Waals surface area contributed by atoms with Gasteiger partial charge in [-0.05, 0) is 49.9 Å². The first-order chi connectivity index (χ1) is 10.4. The summed E-state index contributed by atoms with van der Waals surface area (Å²) < 4.78 is 0. The molecule has 0 N–H and O–H groups in total. The Morgan fingerprint density at radius 1 is 0.667 bits per heavy atom. The van der Waals surface area contributed by atoms with Gasteiger partial charge in [-0.2, -0.15) is 0 Å². The fourth-order valence-electron chi connectivity index (χ4n) is 5.05. The molecule has 3 rings (SSSR count). The molecule has 0 heteroatoms. The number of allylic oxidation sites excluding steroid dienone is 4. The number of hydrogen-bond donors (Lipinski definition) is 0. The van der Waals surface area contributed by atoms with Crippen LogP contribution in [0.2, 0.25) is 0 Å². The van der Waals surface area contributed by atoms with Crippen LogP contribution in [0.25, 0.3) is 0 Å². The molecule has 0 aromatic rings. The monoisotopic (exact) mass is 285 g/mol. The third kappa shape index (κ3) is 3.63. The highest BCUT2D eigenvalue weighted by molar-refractivity contribution is 5.31. The second-order valence-corrected chi connectivity index (χ2v) is 7.53. The zero-order valence-electron chi connectivity index (χ0n) is 13.8. The van der Waals surface area contributed by atoms with E-state index in [-0.39, 0.29) is 0 Å². The lowest BCUT2D eigenvalue weighted by Crippen LogP contribution is -2.32. The summed E-state index contributed by atoms with van der Waals surface area (Å²) in [5.74, 6) is 1.96. The van der Waals surface area contributed by atoms with Crippen LogP contribution in [0, 0.1) is 11.3 Å². The average Bonchev–Trinajstić information content (AvgIpc) is 2.75. The highest BCUT2D eigenvalue weighted by atomic mass is 14.5. The van der Waals surface area contributed by atoms with E-state index in [1.54, 1.807) is 0 Å². The van der Waals surface area contributed by atoms with Crippen molar-refractivity contribution in [1.82, 2.24) is 0 Å². The van der Waals surface area contributed by atoms with E-state index in [2.05, 4.69) is 18.2 Å². The zero-order valence-corrected chi connectivity index (χ0v) is 13.8. The van der Waals surface area contributed by atoms with Crippen LogP contribution in [-0.2, 0) is 0 Å². The van der Waals surface area contributed by atoms with Crippen molar-refractivity contribution >= 4 is 0 Å². The molecule has 0 spiro atoms. The Balaban J connectivity index is 1.85. The molecule has 2 fully saturated rings. The van der Waals surface area contributed by atoms with Gasteiger partial charge in [0.15, 0.2) is 0 Å². The van der Waals surface area contributed by atoms with Crippen molar-refractivity contribution in [1.29, 1.82) is 0 Å². The second kappa shape index (κ2) is 7.65. The van der Waals surface area contributed by atoms with Crippen molar-refractivity contribution in [3.05, 3.63) is 29.7 Å². The van der Waals surface area contributed by atoms with Crippen LogP contribution >= 0.6 is 0 Å². The molecule has 2 saturated carbocycles. The fraction of sp³-hybridized carbons (Fsp3) is 0.762. The van der Waals surface area contributed by atoms with Crippen LogP contribution in [0.5, 0.6) is 0 Å². The first-order valence-electron chi connectivity index (χ1n) is 9.63. The van der Waals surface area contributed by atoms with Gasteiger partial charge in [0, 0.05) is 0 Å². The van der Waals surface area contributed by atoms with Gasteiger partial charge in [-0.25, -0.2) is 0 Å². The van der Waals surface area contributed by atoms with Gasteiger partial charge in [0.05, 0.1) is 0 Å². The predicted octanol–water partition coefficient (Wildman–Crippen LogP) is 6.92. The topological polar surface area (TPSA) is 0 Å². The van der Waals surface area contributed by atoms with Gasteiger partial charge in [0.2, 0.25) is 0 Å². The van der Waals surface area contributed by atoms with Crippen molar-refractivity contribution in [2.45, 2.75) is 96.3 Å². The van der Waals surface area contributed by atoms with Gasteiger partial charge in [0.25, 0.3) is 0 Å². The standard InChI is InChI=1S/C21H33/c1-2-7-13-19(14-8-3-1)21(17-11-4-5-12-18-21)20-15-9-6-10-16-20/h6,9,15H,1-5,7-8,10-14,16-18H2. The Labute approximate surface area is 132 Å². The summed E-state index contributed by atoms with van der Waals surface area (Å²) >= 11 is 0. The van der Waals surface area contributed by atoms with Gasteiger partial charge >= 0.3 is 0 Å². The van der Waals surface area contributed by atoms with Crippen LogP contribution in [0.4, 0.5) is 0 Å². The summed E-state index contributed by atoms with van der Waals surface area (Å²) in [6, 6.07) is 0. The first kappa shape index (κ1) is 15.4. The van der Waals surface area contributed by atoms with Crippen molar-refractivity contribution in [2.75, 3.05) is 0 Å². The van der Waals surface area contributed by atoms with E-state index < -0.39 is 0 Å². The molecule has 3 aliphatic carbocycles. The Morgan fingerprint density at radius 2 is 1.29 bits per heavy atom. The van der Waals surface area contributed by atoms with Crippen LogP contribution in [-0.4, -0.2) is 0 Å². The summed E-state index contributed by atoms with van der Waals surface area (Å²) in [4.78, 5) is 0. The molecule has 0 aromatic heterocycles. The molecule has 0 aromatic carbocycles. The predicted molar refractivity (Wildman–Crippen MR) is 92.2 cm³/mol. The molecule has 117 valence electrons. The summed E-state index contributed by atoms with van der Waals surface area (Å²) in [5, 5.41) is 0. The molecule has 0 nitrogen and oxygen atoms in total. The van der Waals surface area contributed by atoms with E-state index in [4.69, 9.17) is 0 Å². The molecule has 0 atom stereocenters. The first-order valence-corrected chi connectivity index (χ1v) is 9.63. The molecule has 0 amide bonds. The summed E-state index contributed by atoms with van der Waals surface area (Å²) in [6.45, 7) is 0. The largest absolute Gasteiger partial charge is 0.0842 e. The molecule has 21 heavy (non-hydrogen) atoms. The zero-order chi connectivity index (χ0) is 14.4. The van der Waals surface area contributed by atoms with Gasteiger partial charge in [0.1, 0.15) is 0 Å². The normalized spacial score (nSPS) is 28.3. The lowest BCUT2D eigenvalue weighted by molar-refractivity contribution is 0.271. The molecule has 0 heterocycles. The molecular weight excluding hydrogens is 252 g/mol. The minimum atomic E-state index is 0.512. The smallest absolute Gasteiger partial charge is 0.00229 e. The quantitative estimate of drug-likeness (QED) is 0.483. The Kier molecular flexibility index (Phi) is 5.61. The van der Waals surface area contributed by atoms with E-state index in [0.29, 0.717) is 5.41 Å². The molecule has 0 unspecified atom stereocenters. The maximum atomic E-state index is 2.50. The van der Waals surface area contributed by atoms with Crippen molar-refractivity contribution in [2.24, 2.45) is 5.41 Å². The van der Waals surface area contributed by atoms with Gasteiger partial charge in [-0.1, -0.05) is 81.6 Å². The summed E-state index contributed by atoms with van der Waals surface area (Å²) in [6.07, 6.45) is 28.8. The summed E-state index contributed by atoms with van der Waals surface area (Å²) in [7, 11) is 0. The average molecular weight is 285 g/mol. The van der Waals surface area contributed by atoms with Crippen LogP contribution < -0.4 is 0 Å². The third-order valence-electron chi connectivity index (χ3n) is 6.22. The van der Waals surface area contributed by atoms with E-state index >= 15 is 0 Å².